The Labute approximate surface area is 135 Å². The molecule has 120 valence electrons. The van der Waals surface area contributed by atoms with Gasteiger partial charge in [0.1, 0.15) is 0 Å². The summed E-state index contributed by atoms with van der Waals surface area (Å²) in [4.78, 5) is 16.5. The van der Waals surface area contributed by atoms with Crippen LogP contribution in [0.25, 0.3) is 0 Å². The van der Waals surface area contributed by atoms with Gasteiger partial charge in [-0.3, -0.25) is 4.79 Å². The molecule has 0 aromatic carbocycles. The average Bonchev–Trinajstić information content (AvgIpc) is 2.81. The lowest BCUT2D eigenvalue weighted by atomic mass is 9.98. The number of likely N-dealkylation sites (tertiary alicyclic amines) is 1. The molecule has 2 heterocycles. The Morgan fingerprint density at radius 2 is 2.05 bits per heavy atom. The van der Waals surface area contributed by atoms with E-state index in [1.54, 1.807) is 0 Å². The predicted octanol–water partition coefficient (Wildman–Crippen LogP) is 1.77. The van der Waals surface area contributed by atoms with Crippen LogP contribution >= 0.6 is 24.8 Å². The van der Waals surface area contributed by atoms with E-state index < -0.39 is 0 Å². The van der Waals surface area contributed by atoms with Gasteiger partial charge in [-0.15, -0.1) is 24.8 Å². The maximum Gasteiger partial charge on any atom is 0.223 e. The monoisotopic (exact) mass is 325 g/mol. The fraction of sp³-hybridized carbons (Fsp3) is 0.929. The Hall–Kier alpha value is -0.0300. The largest absolute Gasteiger partial charge is 0.345 e. The van der Waals surface area contributed by atoms with Crippen molar-refractivity contribution in [3.8, 4) is 0 Å². The van der Waals surface area contributed by atoms with Crippen molar-refractivity contribution < 1.29 is 4.79 Å². The second-order valence-corrected chi connectivity index (χ2v) is 6.04. The van der Waals surface area contributed by atoms with E-state index in [4.69, 9.17) is 0 Å². The Morgan fingerprint density at radius 3 is 2.65 bits per heavy atom. The van der Waals surface area contributed by atoms with Gasteiger partial charge in [-0.2, -0.15) is 0 Å². The van der Waals surface area contributed by atoms with Crippen molar-refractivity contribution in [1.82, 2.24) is 15.1 Å². The van der Waals surface area contributed by atoms with E-state index in [0.717, 1.165) is 26.1 Å². The number of hydrogen-bond donors (Lipinski definition) is 1. The van der Waals surface area contributed by atoms with Gasteiger partial charge in [0.15, 0.2) is 0 Å². The van der Waals surface area contributed by atoms with E-state index in [1.165, 1.54) is 25.8 Å². The van der Waals surface area contributed by atoms with Crippen molar-refractivity contribution in [2.24, 2.45) is 5.92 Å². The fourth-order valence-corrected chi connectivity index (χ4v) is 3.21. The molecule has 6 heteroatoms. The number of amides is 1. The number of hydrogen-bond acceptors (Lipinski definition) is 3. The van der Waals surface area contributed by atoms with Gasteiger partial charge in [0, 0.05) is 32.6 Å². The molecule has 1 amide bonds. The minimum Gasteiger partial charge on any atom is -0.345 e. The van der Waals surface area contributed by atoms with Gasteiger partial charge in [-0.05, 0) is 51.7 Å². The van der Waals surface area contributed by atoms with Crippen LogP contribution < -0.4 is 5.32 Å². The Morgan fingerprint density at radius 1 is 1.30 bits per heavy atom. The minimum absolute atomic E-state index is 0. The van der Waals surface area contributed by atoms with Crippen molar-refractivity contribution in [2.45, 2.75) is 38.1 Å². The third-order valence-corrected chi connectivity index (χ3v) is 4.26. The van der Waals surface area contributed by atoms with E-state index in [-0.39, 0.29) is 24.8 Å². The predicted molar refractivity (Wildman–Crippen MR) is 88.0 cm³/mol. The zero-order valence-electron chi connectivity index (χ0n) is 12.6. The molecule has 0 aromatic heterocycles. The van der Waals surface area contributed by atoms with Crippen LogP contribution in [0.3, 0.4) is 0 Å². The van der Waals surface area contributed by atoms with Crippen molar-refractivity contribution in [1.29, 1.82) is 0 Å². The molecule has 2 atom stereocenters. The van der Waals surface area contributed by atoms with Crippen LogP contribution in [0, 0.1) is 5.92 Å². The Balaban J connectivity index is 0.00000180. The molecule has 0 saturated carbocycles. The highest BCUT2D eigenvalue weighted by Gasteiger charge is 2.23. The quantitative estimate of drug-likeness (QED) is 0.855. The summed E-state index contributed by atoms with van der Waals surface area (Å²) >= 11 is 0. The van der Waals surface area contributed by atoms with E-state index in [1.807, 2.05) is 11.9 Å². The maximum absolute atomic E-state index is 12.1. The number of nitrogens with zero attached hydrogens (tertiary/aromatic N) is 2. The van der Waals surface area contributed by atoms with Crippen LogP contribution in [0.15, 0.2) is 0 Å². The van der Waals surface area contributed by atoms with Gasteiger partial charge in [0.2, 0.25) is 5.91 Å². The summed E-state index contributed by atoms with van der Waals surface area (Å²) in [6, 6.07) is 0.425. The van der Waals surface area contributed by atoms with Gasteiger partial charge >= 0.3 is 0 Å². The van der Waals surface area contributed by atoms with E-state index >= 15 is 0 Å². The Bertz CT molecular complexity index is 286. The molecule has 2 fully saturated rings. The standard InChI is InChI=1S/C14H27N3O.2ClH/c1-16-8-4-5-12(10-16)11-17(2)14(18)9-13-6-3-7-15-13;;/h12-13,15H,3-11H2,1-2H3;2*1H. The van der Waals surface area contributed by atoms with E-state index in [0.29, 0.717) is 24.3 Å². The topological polar surface area (TPSA) is 35.6 Å². The third kappa shape index (κ3) is 6.17. The number of carbonyl (C=O) groups excluding carboxylic acids is 1. The lowest BCUT2D eigenvalue weighted by molar-refractivity contribution is -0.131. The second-order valence-electron chi connectivity index (χ2n) is 6.04. The molecular weight excluding hydrogens is 297 g/mol. The molecule has 0 radical (unpaired) electrons. The molecule has 20 heavy (non-hydrogen) atoms. The SMILES string of the molecule is CN1CCCC(CN(C)C(=O)CC2CCCN2)C1.Cl.Cl. The summed E-state index contributed by atoms with van der Waals surface area (Å²) in [5.74, 6) is 0.969. The summed E-state index contributed by atoms with van der Waals surface area (Å²) in [6.07, 6.45) is 5.59. The van der Waals surface area contributed by atoms with Gasteiger partial charge in [-0.25, -0.2) is 0 Å². The highest BCUT2D eigenvalue weighted by atomic mass is 35.5. The molecule has 0 bridgehead atoms. The van der Waals surface area contributed by atoms with Crippen LogP contribution in [-0.4, -0.2) is 62.0 Å². The van der Waals surface area contributed by atoms with Gasteiger partial charge in [0.25, 0.3) is 0 Å². The molecule has 2 saturated heterocycles. The summed E-state index contributed by atoms with van der Waals surface area (Å²) in [5.41, 5.74) is 0. The number of piperidine rings is 1. The van der Waals surface area contributed by atoms with Crippen molar-refractivity contribution in [3.63, 3.8) is 0 Å². The smallest absolute Gasteiger partial charge is 0.223 e. The van der Waals surface area contributed by atoms with Crippen molar-refractivity contribution >= 4 is 30.7 Å². The first-order valence-corrected chi connectivity index (χ1v) is 7.31. The summed E-state index contributed by atoms with van der Waals surface area (Å²) < 4.78 is 0. The van der Waals surface area contributed by atoms with Crippen LogP contribution in [0.1, 0.15) is 32.1 Å². The van der Waals surface area contributed by atoms with Crippen molar-refractivity contribution in [3.05, 3.63) is 0 Å². The van der Waals surface area contributed by atoms with Crippen LogP contribution in [-0.2, 0) is 4.79 Å². The summed E-state index contributed by atoms with van der Waals surface area (Å²) in [6.45, 7) is 4.35. The lowest BCUT2D eigenvalue weighted by Crippen LogP contribution is -2.41. The Kier molecular flexibility index (Phi) is 9.81. The number of halogens is 2. The minimum atomic E-state index is 0. The number of nitrogens with one attached hydrogen (secondary N) is 1. The average molecular weight is 326 g/mol. The molecule has 0 aromatic rings. The maximum atomic E-state index is 12.1. The molecule has 2 unspecified atom stereocenters. The van der Waals surface area contributed by atoms with Gasteiger partial charge < -0.3 is 15.1 Å². The number of carbonyl (C=O) groups is 1. The first-order valence-electron chi connectivity index (χ1n) is 7.31. The van der Waals surface area contributed by atoms with E-state index in [9.17, 15) is 4.79 Å². The normalized spacial score (nSPS) is 26.5. The third-order valence-electron chi connectivity index (χ3n) is 4.26. The zero-order chi connectivity index (χ0) is 13.0. The molecule has 2 aliphatic heterocycles. The molecular formula is C14H29Cl2N3O. The summed E-state index contributed by atoms with van der Waals surface area (Å²) in [7, 11) is 4.14. The molecule has 2 rings (SSSR count). The van der Waals surface area contributed by atoms with Crippen LogP contribution in [0.4, 0.5) is 0 Å². The highest BCUT2D eigenvalue weighted by Crippen LogP contribution is 2.17. The first-order chi connectivity index (χ1) is 8.65. The zero-order valence-corrected chi connectivity index (χ0v) is 14.3. The van der Waals surface area contributed by atoms with Crippen molar-refractivity contribution in [2.75, 3.05) is 40.3 Å². The second kappa shape index (κ2) is 9.82. The van der Waals surface area contributed by atoms with Crippen LogP contribution in [0.5, 0.6) is 0 Å². The van der Waals surface area contributed by atoms with Crippen LogP contribution in [0.2, 0.25) is 0 Å². The number of rotatable bonds is 4. The lowest BCUT2D eigenvalue weighted by Gasteiger charge is -2.32. The van der Waals surface area contributed by atoms with E-state index in [2.05, 4.69) is 17.3 Å². The van der Waals surface area contributed by atoms with Gasteiger partial charge in [0.05, 0.1) is 0 Å². The van der Waals surface area contributed by atoms with Gasteiger partial charge in [-0.1, -0.05) is 0 Å². The first kappa shape index (κ1) is 20.0. The molecule has 2 aliphatic rings. The highest BCUT2D eigenvalue weighted by molar-refractivity contribution is 5.85. The summed E-state index contributed by atoms with van der Waals surface area (Å²) in [5, 5.41) is 3.40. The fourth-order valence-electron chi connectivity index (χ4n) is 3.21. The molecule has 0 spiro atoms. The molecule has 0 aliphatic carbocycles. The molecule has 1 N–H and O–H groups in total. The molecule has 4 nitrogen and oxygen atoms in total.